The SMILES string of the molecule is CCN(CC)CC.COC(=O)C[C@H](NP(=O)(O)OC[C@@H]1C=C[C@H](n2cc(C)c(=O)[nH]c2=O)O1)C(=O)OC. The van der Waals surface area contributed by atoms with E-state index < -0.39 is 62.3 Å². The molecule has 2 heterocycles. The van der Waals surface area contributed by atoms with Crippen LogP contribution in [0.15, 0.2) is 27.9 Å². The van der Waals surface area contributed by atoms with Crippen LogP contribution in [0.1, 0.15) is 39.0 Å². The summed E-state index contributed by atoms with van der Waals surface area (Å²) in [4.78, 5) is 60.9. The van der Waals surface area contributed by atoms with E-state index in [9.17, 15) is 28.6 Å². The molecule has 210 valence electrons. The van der Waals surface area contributed by atoms with Crippen molar-refractivity contribution in [2.24, 2.45) is 0 Å². The first kappa shape index (κ1) is 32.4. The molecule has 1 unspecified atom stereocenters. The molecule has 0 saturated carbocycles. The number of nitrogens with zero attached hydrogens (tertiary/aromatic N) is 2. The van der Waals surface area contributed by atoms with Crippen LogP contribution in [0.2, 0.25) is 0 Å². The van der Waals surface area contributed by atoms with Crippen LogP contribution in [-0.2, 0) is 32.9 Å². The van der Waals surface area contributed by atoms with E-state index in [1.807, 2.05) is 5.09 Å². The Bertz CT molecular complexity index is 1080. The van der Waals surface area contributed by atoms with Gasteiger partial charge in [-0.2, -0.15) is 0 Å². The summed E-state index contributed by atoms with van der Waals surface area (Å²) in [5, 5.41) is 2.04. The lowest BCUT2D eigenvalue weighted by atomic mass is 10.2. The number of methoxy groups -OCH3 is 2. The van der Waals surface area contributed by atoms with Crippen LogP contribution >= 0.6 is 7.75 Å². The first-order valence-corrected chi connectivity index (χ1v) is 13.3. The molecule has 14 nitrogen and oxygen atoms in total. The molecule has 3 N–H and O–H groups in total. The second-order valence-electron chi connectivity index (χ2n) is 7.85. The van der Waals surface area contributed by atoms with Crippen molar-refractivity contribution < 1.29 is 37.8 Å². The van der Waals surface area contributed by atoms with Gasteiger partial charge in [-0.25, -0.2) is 14.4 Å². The Hall–Kier alpha value is -2.61. The minimum Gasteiger partial charge on any atom is -0.469 e. The third kappa shape index (κ3) is 10.7. The summed E-state index contributed by atoms with van der Waals surface area (Å²) >= 11 is 0. The van der Waals surface area contributed by atoms with E-state index in [1.54, 1.807) is 0 Å². The molecular formula is C22H37N4O10P. The highest BCUT2D eigenvalue weighted by Gasteiger charge is 2.33. The molecule has 2 rings (SSSR count). The molecule has 0 aromatic carbocycles. The van der Waals surface area contributed by atoms with Crippen LogP contribution in [0.3, 0.4) is 0 Å². The van der Waals surface area contributed by atoms with Crippen molar-refractivity contribution in [3.05, 3.63) is 44.8 Å². The van der Waals surface area contributed by atoms with Crippen molar-refractivity contribution in [2.75, 3.05) is 40.5 Å². The molecule has 1 aliphatic heterocycles. The topological polar surface area (TPSA) is 178 Å². The minimum atomic E-state index is -4.54. The van der Waals surface area contributed by atoms with Gasteiger partial charge in [0, 0.05) is 11.8 Å². The maximum Gasteiger partial charge on any atom is 0.403 e. The Morgan fingerprint density at radius 3 is 2.32 bits per heavy atom. The van der Waals surface area contributed by atoms with Gasteiger partial charge in [-0.3, -0.25) is 28.5 Å². The molecule has 1 aromatic heterocycles. The molecule has 0 aliphatic carbocycles. The lowest BCUT2D eigenvalue weighted by Crippen LogP contribution is -2.38. The number of hydrogen-bond acceptors (Lipinski definition) is 10. The average molecular weight is 549 g/mol. The molecule has 0 bridgehead atoms. The summed E-state index contributed by atoms with van der Waals surface area (Å²) in [6.07, 6.45) is 2.14. The molecule has 0 amide bonds. The standard InChI is InChI=1S/C16H22N3O10P.C6H15N/c1-9-7-19(16(23)17-14(9)21)12-5-4-10(29-12)8-28-30(24,25)18-11(15(22)27-3)6-13(20)26-2;1-4-7(5-2)6-3/h4-5,7,10-12H,6,8H2,1-3H3,(H,17,21,23)(H2,18,24,25);4-6H2,1-3H3/t10-,11-,12+;/m0./s1. The van der Waals surface area contributed by atoms with E-state index in [0.717, 1.165) is 18.8 Å². The van der Waals surface area contributed by atoms with Gasteiger partial charge in [-0.1, -0.05) is 26.8 Å². The molecule has 0 fully saturated rings. The monoisotopic (exact) mass is 548 g/mol. The van der Waals surface area contributed by atoms with E-state index in [4.69, 9.17) is 9.26 Å². The van der Waals surface area contributed by atoms with Gasteiger partial charge >= 0.3 is 25.4 Å². The fraction of sp³-hybridized carbons (Fsp3) is 0.636. The quantitative estimate of drug-likeness (QED) is 0.187. The second-order valence-corrected chi connectivity index (χ2v) is 9.41. The van der Waals surface area contributed by atoms with Gasteiger partial charge in [0.1, 0.15) is 12.1 Å². The summed E-state index contributed by atoms with van der Waals surface area (Å²) in [5.74, 6) is -1.76. The zero-order chi connectivity index (χ0) is 28.2. The second kappa shape index (κ2) is 15.6. The number of aryl methyl sites for hydroxylation is 1. The van der Waals surface area contributed by atoms with Crippen LogP contribution in [-0.4, -0.2) is 83.9 Å². The fourth-order valence-corrected chi connectivity index (χ4v) is 4.18. The Morgan fingerprint density at radius 1 is 1.19 bits per heavy atom. The first-order chi connectivity index (χ1) is 17.4. The Morgan fingerprint density at radius 2 is 1.81 bits per heavy atom. The normalized spacial score (nSPS) is 19.0. The van der Waals surface area contributed by atoms with Crippen molar-refractivity contribution in [2.45, 2.75) is 52.5 Å². The van der Waals surface area contributed by atoms with Crippen molar-refractivity contribution in [3.8, 4) is 0 Å². The van der Waals surface area contributed by atoms with Gasteiger partial charge in [0.2, 0.25) is 0 Å². The first-order valence-electron chi connectivity index (χ1n) is 11.7. The number of hydrogen-bond donors (Lipinski definition) is 3. The largest absolute Gasteiger partial charge is 0.469 e. The number of aromatic nitrogens is 2. The molecule has 37 heavy (non-hydrogen) atoms. The summed E-state index contributed by atoms with van der Waals surface area (Å²) in [7, 11) is -2.39. The van der Waals surface area contributed by atoms with Crippen LogP contribution in [0, 0.1) is 6.92 Å². The highest BCUT2D eigenvalue weighted by molar-refractivity contribution is 7.50. The zero-order valence-electron chi connectivity index (χ0n) is 22.0. The smallest absolute Gasteiger partial charge is 0.403 e. The number of rotatable bonds is 12. The molecule has 4 atom stereocenters. The molecule has 1 aromatic rings. The van der Waals surface area contributed by atoms with Crippen LogP contribution in [0.25, 0.3) is 0 Å². The Kier molecular flexibility index (Phi) is 13.7. The van der Waals surface area contributed by atoms with E-state index in [0.29, 0.717) is 5.56 Å². The van der Waals surface area contributed by atoms with E-state index in [1.165, 1.54) is 44.9 Å². The van der Waals surface area contributed by atoms with Crippen molar-refractivity contribution in [1.82, 2.24) is 19.5 Å². The maximum atomic E-state index is 12.2. The van der Waals surface area contributed by atoms with Gasteiger partial charge in [-0.15, -0.1) is 0 Å². The molecule has 0 radical (unpaired) electrons. The lowest BCUT2D eigenvalue weighted by Gasteiger charge is -2.21. The number of H-pyrrole nitrogens is 1. The molecule has 0 saturated heterocycles. The van der Waals surface area contributed by atoms with Gasteiger partial charge in [0.25, 0.3) is 5.56 Å². The van der Waals surface area contributed by atoms with E-state index in [-0.39, 0.29) is 0 Å². The number of carbonyl (C=O) groups is 2. The van der Waals surface area contributed by atoms with Gasteiger partial charge in [-0.05, 0) is 32.6 Å². The molecule has 1 aliphatic rings. The minimum absolute atomic E-state index is 0.301. The van der Waals surface area contributed by atoms with E-state index in [2.05, 4.69) is 40.1 Å². The number of aromatic amines is 1. The number of esters is 2. The number of ether oxygens (including phenoxy) is 3. The number of carbonyl (C=O) groups excluding carboxylic acids is 2. The molecule has 15 heteroatoms. The fourth-order valence-electron chi connectivity index (χ4n) is 3.17. The van der Waals surface area contributed by atoms with Gasteiger partial charge < -0.3 is 24.0 Å². The number of nitrogens with one attached hydrogen (secondary N) is 2. The predicted octanol–water partition coefficient (Wildman–Crippen LogP) is 0.458. The summed E-state index contributed by atoms with van der Waals surface area (Å²) < 4.78 is 32.8. The highest BCUT2D eigenvalue weighted by Crippen LogP contribution is 2.39. The Balaban J connectivity index is 0.000000856. The lowest BCUT2D eigenvalue weighted by molar-refractivity contribution is -0.149. The van der Waals surface area contributed by atoms with Crippen LogP contribution in [0.4, 0.5) is 0 Å². The highest BCUT2D eigenvalue weighted by atomic mass is 31.2. The summed E-state index contributed by atoms with van der Waals surface area (Å²) in [6, 6.07) is -1.46. The van der Waals surface area contributed by atoms with Crippen LogP contribution in [0.5, 0.6) is 0 Å². The average Bonchev–Trinajstić information content (AvgIpc) is 3.34. The Labute approximate surface area is 215 Å². The predicted molar refractivity (Wildman–Crippen MR) is 134 cm³/mol. The summed E-state index contributed by atoms with van der Waals surface area (Å²) in [6.45, 7) is 11.2. The van der Waals surface area contributed by atoms with Gasteiger partial charge in [0.15, 0.2) is 6.23 Å². The molecular weight excluding hydrogens is 511 g/mol. The maximum absolute atomic E-state index is 12.2. The van der Waals surface area contributed by atoms with Crippen LogP contribution < -0.4 is 16.3 Å². The zero-order valence-corrected chi connectivity index (χ0v) is 22.9. The third-order valence-corrected chi connectivity index (χ3v) is 6.52. The van der Waals surface area contributed by atoms with Crippen molar-refractivity contribution >= 4 is 19.7 Å². The van der Waals surface area contributed by atoms with Crippen molar-refractivity contribution in [1.29, 1.82) is 0 Å². The summed E-state index contributed by atoms with van der Waals surface area (Å²) in [5.41, 5.74) is -0.896. The molecule has 0 spiro atoms. The van der Waals surface area contributed by atoms with E-state index >= 15 is 0 Å². The van der Waals surface area contributed by atoms with Crippen molar-refractivity contribution in [3.63, 3.8) is 0 Å². The van der Waals surface area contributed by atoms with Gasteiger partial charge in [0.05, 0.1) is 27.2 Å². The third-order valence-electron chi connectivity index (χ3n) is 5.38.